The summed E-state index contributed by atoms with van der Waals surface area (Å²) in [5, 5.41) is 11.3. The number of rotatable bonds is 6. The van der Waals surface area contributed by atoms with Crippen molar-refractivity contribution in [1.29, 1.82) is 0 Å². The van der Waals surface area contributed by atoms with E-state index >= 15 is 0 Å². The quantitative estimate of drug-likeness (QED) is 0.531. The number of nitrogens with one attached hydrogen (secondary N) is 1. The summed E-state index contributed by atoms with van der Waals surface area (Å²) in [6, 6.07) is 15.1. The maximum atomic E-state index is 13.0. The predicted octanol–water partition coefficient (Wildman–Crippen LogP) is 4.06. The van der Waals surface area contributed by atoms with E-state index in [-0.39, 0.29) is 5.91 Å². The zero-order valence-electron chi connectivity index (χ0n) is 16.3. The van der Waals surface area contributed by atoms with Gasteiger partial charge in [0.2, 0.25) is 0 Å². The van der Waals surface area contributed by atoms with Crippen molar-refractivity contribution in [2.45, 2.75) is 19.4 Å². The van der Waals surface area contributed by atoms with Crippen molar-refractivity contribution in [3.8, 4) is 22.5 Å². The Morgan fingerprint density at radius 3 is 2.73 bits per heavy atom. The summed E-state index contributed by atoms with van der Waals surface area (Å²) in [7, 11) is 0. The molecule has 4 aromatic rings. The summed E-state index contributed by atoms with van der Waals surface area (Å²) in [4.78, 5) is 21.4. The average Bonchev–Trinajstić information content (AvgIpc) is 3.49. The van der Waals surface area contributed by atoms with E-state index in [0.29, 0.717) is 11.4 Å². The zero-order chi connectivity index (χ0) is 20.3. The first-order valence-corrected chi connectivity index (χ1v) is 9.93. The molecule has 0 bridgehead atoms. The number of carbonyl (C=O) groups excluding carboxylic acids is 1. The molecule has 3 heterocycles. The molecule has 0 spiro atoms. The van der Waals surface area contributed by atoms with Crippen LogP contribution >= 0.6 is 0 Å². The molecule has 1 saturated carbocycles. The zero-order valence-corrected chi connectivity index (χ0v) is 16.3. The molecule has 7 nitrogen and oxygen atoms in total. The average molecular weight is 396 g/mol. The third kappa shape index (κ3) is 3.82. The number of benzene rings is 1. The van der Waals surface area contributed by atoms with Crippen LogP contribution in [0.4, 0.5) is 5.69 Å². The number of nitrogens with zero attached hydrogens (tertiary/aromatic N) is 5. The molecule has 0 atom stereocenters. The molecular formula is C23H20N6O. The second-order valence-corrected chi connectivity index (χ2v) is 7.42. The molecule has 0 unspecified atom stereocenters. The second kappa shape index (κ2) is 7.87. The molecule has 1 aliphatic rings. The van der Waals surface area contributed by atoms with E-state index in [2.05, 4.69) is 30.0 Å². The van der Waals surface area contributed by atoms with Crippen LogP contribution in [0, 0.1) is 5.92 Å². The van der Waals surface area contributed by atoms with Crippen LogP contribution in [0.3, 0.4) is 0 Å². The monoisotopic (exact) mass is 396 g/mol. The summed E-state index contributed by atoms with van der Waals surface area (Å²) in [6.07, 6.45) is 9.32. The van der Waals surface area contributed by atoms with Crippen molar-refractivity contribution in [2.24, 2.45) is 5.92 Å². The Balaban J connectivity index is 1.40. The fourth-order valence-electron chi connectivity index (χ4n) is 3.47. The van der Waals surface area contributed by atoms with Gasteiger partial charge in [-0.15, -0.1) is 10.2 Å². The smallest absolute Gasteiger partial charge is 0.274 e. The largest absolute Gasteiger partial charge is 0.321 e. The third-order valence-corrected chi connectivity index (χ3v) is 5.16. The van der Waals surface area contributed by atoms with Crippen molar-refractivity contribution in [1.82, 2.24) is 24.7 Å². The van der Waals surface area contributed by atoms with Crippen LogP contribution in [0.25, 0.3) is 22.5 Å². The van der Waals surface area contributed by atoms with Crippen LogP contribution < -0.4 is 5.32 Å². The molecule has 148 valence electrons. The first kappa shape index (κ1) is 18.2. The lowest BCUT2D eigenvalue weighted by atomic mass is 10.0. The number of hydrogen-bond donors (Lipinski definition) is 1. The van der Waals surface area contributed by atoms with Crippen molar-refractivity contribution in [3.05, 3.63) is 79.1 Å². The van der Waals surface area contributed by atoms with E-state index in [0.717, 1.165) is 35.0 Å². The molecule has 1 N–H and O–H groups in total. The normalized spacial score (nSPS) is 13.2. The van der Waals surface area contributed by atoms with Crippen LogP contribution in [-0.4, -0.2) is 30.6 Å². The minimum atomic E-state index is -0.265. The van der Waals surface area contributed by atoms with Gasteiger partial charge in [0.15, 0.2) is 5.82 Å². The van der Waals surface area contributed by atoms with Crippen LogP contribution in [0.1, 0.15) is 23.3 Å². The Bertz CT molecular complexity index is 1180. The molecule has 1 aliphatic carbocycles. The van der Waals surface area contributed by atoms with E-state index in [1.54, 1.807) is 24.9 Å². The van der Waals surface area contributed by atoms with E-state index in [1.807, 2.05) is 48.5 Å². The van der Waals surface area contributed by atoms with Gasteiger partial charge < -0.3 is 9.88 Å². The highest BCUT2D eigenvalue weighted by Gasteiger charge is 2.23. The highest BCUT2D eigenvalue weighted by Crippen LogP contribution is 2.32. The first-order chi connectivity index (χ1) is 14.8. The lowest BCUT2D eigenvalue weighted by molar-refractivity contribution is 0.102. The van der Waals surface area contributed by atoms with Crippen LogP contribution in [0.2, 0.25) is 0 Å². The van der Waals surface area contributed by atoms with Crippen LogP contribution in [0.15, 0.2) is 73.4 Å². The number of aromatic nitrogens is 5. The molecule has 0 saturated heterocycles. The molecule has 0 aliphatic heterocycles. The molecule has 30 heavy (non-hydrogen) atoms. The predicted molar refractivity (Wildman–Crippen MR) is 114 cm³/mol. The lowest BCUT2D eigenvalue weighted by Crippen LogP contribution is -2.15. The summed E-state index contributed by atoms with van der Waals surface area (Å²) in [5.74, 6) is 1.27. The summed E-state index contributed by atoms with van der Waals surface area (Å²) >= 11 is 0. The van der Waals surface area contributed by atoms with Crippen molar-refractivity contribution >= 4 is 11.6 Å². The lowest BCUT2D eigenvalue weighted by Gasteiger charge is -2.11. The van der Waals surface area contributed by atoms with Crippen LogP contribution in [-0.2, 0) is 6.54 Å². The van der Waals surface area contributed by atoms with Crippen molar-refractivity contribution in [2.75, 3.05) is 5.32 Å². The van der Waals surface area contributed by atoms with E-state index in [9.17, 15) is 4.79 Å². The van der Waals surface area contributed by atoms with Gasteiger partial charge in [0.05, 0.1) is 0 Å². The van der Waals surface area contributed by atoms with Gasteiger partial charge in [0.1, 0.15) is 12.0 Å². The van der Waals surface area contributed by atoms with Gasteiger partial charge >= 0.3 is 0 Å². The summed E-state index contributed by atoms with van der Waals surface area (Å²) in [5.41, 5.74) is 3.63. The number of anilines is 1. The van der Waals surface area contributed by atoms with Gasteiger partial charge in [-0.2, -0.15) is 0 Å². The van der Waals surface area contributed by atoms with Crippen molar-refractivity contribution in [3.63, 3.8) is 0 Å². The Morgan fingerprint density at radius 1 is 1.03 bits per heavy atom. The van der Waals surface area contributed by atoms with E-state index in [1.165, 1.54) is 12.8 Å². The Hall–Kier alpha value is -3.87. The Morgan fingerprint density at radius 2 is 1.90 bits per heavy atom. The maximum absolute atomic E-state index is 13.0. The highest BCUT2D eigenvalue weighted by atomic mass is 16.1. The van der Waals surface area contributed by atoms with Gasteiger partial charge in [-0.05, 0) is 54.7 Å². The fraction of sp³-hybridized carbons (Fsp3) is 0.174. The molecule has 7 heteroatoms. The highest BCUT2D eigenvalue weighted by molar-refractivity contribution is 6.07. The standard InChI is InChI=1S/C23H20N6O/c30-23(21-20(5-2-10-25-21)17-8-11-24-12-9-17)27-19-4-1-3-18(13-19)22-28-26-15-29(22)14-16-6-7-16/h1-5,8-13,15-16H,6-7,14H2,(H,27,30). The third-order valence-electron chi connectivity index (χ3n) is 5.16. The molecule has 3 aromatic heterocycles. The molecule has 1 fully saturated rings. The number of amides is 1. The second-order valence-electron chi connectivity index (χ2n) is 7.42. The SMILES string of the molecule is O=C(Nc1cccc(-c2nncn2CC2CC2)c1)c1ncccc1-c1ccncc1. The van der Waals surface area contributed by atoms with Crippen LogP contribution in [0.5, 0.6) is 0 Å². The molecule has 5 rings (SSSR count). The Labute approximate surface area is 173 Å². The molecule has 1 aromatic carbocycles. The van der Waals surface area contributed by atoms with Gasteiger partial charge in [0, 0.05) is 41.9 Å². The van der Waals surface area contributed by atoms with Gasteiger partial charge in [0.25, 0.3) is 5.91 Å². The van der Waals surface area contributed by atoms with Crippen molar-refractivity contribution < 1.29 is 4.79 Å². The maximum Gasteiger partial charge on any atom is 0.274 e. The summed E-state index contributed by atoms with van der Waals surface area (Å²) in [6.45, 7) is 0.933. The Kier molecular flexibility index (Phi) is 4.77. The number of carbonyl (C=O) groups is 1. The molecular weight excluding hydrogens is 376 g/mol. The first-order valence-electron chi connectivity index (χ1n) is 9.93. The fourth-order valence-corrected chi connectivity index (χ4v) is 3.47. The number of hydrogen-bond acceptors (Lipinski definition) is 5. The molecule has 1 amide bonds. The molecule has 0 radical (unpaired) electrons. The minimum absolute atomic E-state index is 0.265. The topological polar surface area (TPSA) is 85.6 Å². The van der Waals surface area contributed by atoms with Gasteiger partial charge in [-0.25, -0.2) is 0 Å². The number of pyridine rings is 2. The van der Waals surface area contributed by atoms with E-state index < -0.39 is 0 Å². The van der Waals surface area contributed by atoms with Gasteiger partial charge in [-0.1, -0.05) is 18.2 Å². The minimum Gasteiger partial charge on any atom is -0.321 e. The summed E-state index contributed by atoms with van der Waals surface area (Å²) < 4.78 is 2.08. The van der Waals surface area contributed by atoms with Gasteiger partial charge in [-0.3, -0.25) is 14.8 Å². The van der Waals surface area contributed by atoms with E-state index in [4.69, 9.17) is 0 Å².